The zero-order chi connectivity index (χ0) is 24.4. The average molecular weight is 552 g/mol. The number of carbonyl (C=O) groups is 2. The van der Waals surface area contributed by atoms with Crippen LogP contribution in [-0.4, -0.2) is 32.5 Å². The van der Waals surface area contributed by atoms with Crippen molar-refractivity contribution in [2.24, 2.45) is 10.7 Å². The van der Waals surface area contributed by atoms with Gasteiger partial charge in [0.15, 0.2) is 5.17 Å². The van der Waals surface area contributed by atoms with Gasteiger partial charge in [-0.2, -0.15) is 0 Å². The summed E-state index contributed by atoms with van der Waals surface area (Å²) in [5.74, 6) is -0.408. The molecule has 5 rings (SSSR count). The lowest BCUT2D eigenvalue weighted by Crippen LogP contribution is -2.39. The van der Waals surface area contributed by atoms with Crippen LogP contribution in [0.25, 0.3) is 17.0 Å². The maximum absolute atomic E-state index is 13.8. The van der Waals surface area contributed by atoms with E-state index in [1.807, 2.05) is 70.3 Å². The predicted octanol–water partition coefficient (Wildman–Crippen LogP) is 6.22. The molecule has 2 heterocycles. The molecule has 1 aromatic heterocycles. The number of halogens is 1. The number of primary amides is 1. The minimum Gasteiger partial charge on any atom is -0.368 e. The Balaban J connectivity index is 1.57. The molecule has 1 aliphatic heterocycles. The molecule has 8 heteroatoms. The molecule has 0 radical (unpaired) electrons. The number of fused-ring (bicyclic) bond motifs is 1. The number of benzene rings is 2. The smallest absolute Gasteiger partial charge is 0.267 e. The van der Waals surface area contributed by atoms with Crippen molar-refractivity contribution in [3.63, 3.8) is 0 Å². The van der Waals surface area contributed by atoms with E-state index in [9.17, 15) is 9.59 Å². The van der Waals surface area contributed by atoms with E-state index in [1.54, 1.807) is 0 Å². The van der Waals surface area contributed by atoms with Crippen molar-refractivity contribution in [1.82, 2.24) is 9.47 Å². The van der Waals surface area contributed by atoms with Gasteiger partial charge in [0.25, 0.3) is 5.91 Å². The van der Waals surface area contributed by atoms with E-state index in [2.05, 4.69) is 15.9 Å². The zero-order valence-electron chi connectivity index (χ0n) is 19.3. The molecule has 1 saturated carbocycles. The molecule has 1 saturated heterocycles. The zero-order valence-corrected chi connectivity index (χ0v) is 21.7. The standard InChI is InChI=1S/C27H27BrN4O2S/c28-19-12-13-23-22(15-19)18(16-31(23)17-25(29)33)14-24-26(34)32(21-10-6-1-2-7-11-21)27(35-24)30-20-8-4-3-5-9-20/h3-5,8-9,12-16,21H,1-2,6-7,10-11,17H2,(H2,29,33)/b24-14+,30-27?. The van der Waals surface area contributed by atoms with Crippen LogP contribution in [0.3, 0.4) is 0 Å². The van der Waals surface area contributed by atoms with Crippen molar-refractivity contribution >= 4 is 67.3 Å². The van der Waals surface area contributed by atoms with Crippen molar-refractivity contribution < 1.29 is 9.59 Å². The largest absolute Gasteiger partial charge is 0.368 e. The first kappa shape index (κ1) is 23.9. The number of nitrogens with zero attached hydrogens (tertiary/aromatic N) is 3. The maximum atomic E-state index is 13.8. The lowest BCUT2D eigenvalue weighted by molar-refractivity contribution is -0.124. The monoisotopic (exact) mass is 550 g/mol. The summed E-state index contributed by atoms with van der Waals surface area (Å²) in [5.41, 5.74) is 8.09. The Kier molecular flexibility index (Phi) is 7.11. The van der Waals surface area contributed by atoms with E-state index in [4.69, 9.17) is 10.7 Å². The Morgan fingerprint density at radius 1 is 1.11 bits per heavy atom. The number of aromatic nitrogens is 1. The third kappa shape index (κ3) is 5.23. The van der Waals surface area contributed by atoms with Gasteiger partial charge in [0.2, 0.25) is 5.91 Å². The second-order valence-electron chi connectivity index (χ2n) is 9.00. The van der Waals surface area contributed by atoms with Gasteiger partial charge in [0.05, 0.1) is 10.6 Å². The molecule has 6 nitrogen and oxygen atoms in total. The molecule has 0 atom stereocenters. The summed E-state index contributed by atoms with van der Waals surface area (Å²) >= 11 is 4.97. The highest BCUT2D eigenvalue weighted by atomic mass is 79.9. The van der Waals surface area contributed by atoms with Crippen molar-refractivity contribution in [3.05, 3.63) is 69.7 Å². The fourth-order valence-electron chi connectivity index (χ4n) is 4.87. The Labute approximate surface area is 217 Å². The second-order valence-corrected chi connectivity index (χ2v) is 10.9. The van der Waals surface area contributed by atoms with Gasteiger partial charge in [-0.25, -0.2) is 4.99 Å². The van der Waals surface area contributed by atoms with E-state index in [0.717, 1.165) is 57.5 Å². The van der Waals surface area contributed by atoms with Crippen LogP contribution in [0, 0.1) is 0 Å². The Hall–Kier alpha value is -2.84. The lowest BCUT2D eigenvalue weighted by atomic mass is 10.1. The van der Waals surface area contributed by atoms with Crippen LogP contribution in [0.5, 0.6) is 0 Å². The number of carbonyl (C=O) groups excluding carboxylic acids is 2. The third-order valence-electron chi connectivity index (χ3n) is 6.49. The van der Waals surface area contributed by atoms with Crippen molar-refractivity contribution in [1.29, 1.82) is 0 Å². The Morgan fingerprint density at radius 2 is 1.86 bits per heavy atom. The highest BCUT2D eigenvalue weighted by Crippen LogP contribution is 2.39. The number of hydrogen-bond acceptors (Lipinski definition) is 4. The summed E-state index contributed by atoms with van der Waals surface area (Å²) in [4.78, 5) is 32.9. The van der Waals surface area contributed by atoms with Crippen LogP contribution in [0.1, 0.15) is 44.1 Å². The van der Waals surface area contributed by atoms with E-state index in [1.165, 1.54) is 24.6 Å². The molecule has 180 valence electrons. The second kappa shape index (κ2) is 10.4. The van der Waals surface area contributed by atoms with Gasteiger partial charge in [-0.05, 0) is 61.0 Å². The number of thioether (sulfide) groups is 1. The van der Waals surface area contributed by atoms with Crippen LogP contribution >= 0.6 is 27.7 Å². The van der Waals surface area contributed by atoms with Crippen LogP contribution in [-0.2, 0) is 16.1 Å². The molecule has 1 aliphatic carbocycles. The van der Waals surface area contributed by atoms with Crippen molar-refractivity contribution in [3.8, 4) is 0 Å². The van der Waals surface area contributed by atoms with Gasteiger partial charge < -0.3 is 10.3 Å². The first-order chi connectivity index (χ1) is 17.0. The Morgan fingerprint density at radius 3 is 2.57 bits per heavy atom. The molecule has 0 unspecified atom stereocenters. The van der Waals surface area contributed by atoms with E-state index < -0.39 is 5.91 Å². The Bertz CT molecular complexity index is 1320. The van der Waals surface area contributed by atoms with Crippen LogP contribution in [0.15, 0.2) is 69.1 Å². The molecular formula is C27H27BrN4O2S. The maximum Gasteiger partial charge on any atom is 0.267 e. The first-order valence-corrected chi connectivity index (χ1v) is 13.5. The number of amides is 2. The van der Waals surface area contributed by atoms with Gasteiger partial charge in [-0.3, -0.25) is 14.5 Å². The number of hydrogen-bond donors (Lipinski definition) is 1. The number of para-hydroxylation sites is 1. The third-order valence-corrected chi connectivity index (χ3v) is 7.97. The molecule has 2 aliphatic rings. The number of rotatable bonds is 5. The molecule has 0 bridgehead atoms. The molecule has 2 N–H and O–H groups in total. The fraction of sp³-hybridized carbons (Fsp3) is 0.296. The van der Waals surface area contributed by atoms with Gasteiger partial charge in [0.1, 0.15) is 6.54 Å². The molecule has 3 aromatic rings. The van der Waals surface area contributed by atoms with Crippen LogP contribution in [0.2, 0.25) is 0 Å². The minimum atomic E-state index is -0.410. The molecule has 0 spiro atoms. The van der Waals surface area contributed by atoms with Gasteiger partial charge in [-0.15, -0.1) is 0 Å². The summed E-state index contributed by atoms with van der Waals surface area (Å²) < 4.78 is 2.76. The molecule has 2 aromatic carbocycles. The molecule has 2 amide bonds. The quantitative estimate of drug-likeness (QED) is 0.302. The molecule has 35 heavy (non-hydrogen) atoms. The summed E-state index contributed by atoms with van der Waals surface area (Å²) in [6.07, 6.45) is 10.5. The van der Waals surface area contributed by atoms with E-state index >= 15 is 0 Å². The highest BCUT2D eigenvalue weighted by Gasteiger charge is 2.38. The summed E-state index contributed by atoms with van der Waals surface area (Å²) in [6.45, 7) is 0.0807. The summed E-state index contributed by atoms with van der Waals surface area (Å²) in [5, 5.41) is 1.69. The molecule has 2 fully saturated rings. The summed E-state index contributed by atoms with van der Waals surface area (Å²) in [7, 11) is 0. The number of aliphatic imine (C=N–C) groups is 1. The van der Waals surface area contributed by atoms with Crippen LogP contribution < -0.4 is 5.73 Å². The van der Waals surface area contributed by atoms with E-state index in [0.29, 0.717) is 4.91 Å². The van der Waals surface area contributed by atoms with Gasteiger partial charge in [-0.1, -0.05) is 59.8 Å². The summed E-state index contributed by atoms with van der Waals surface area (Å²) in [6, 6.07) is 15.9. The van der Waals surface area contributed by atoms with Crippen molar-refractivity contribution in [2.75, 3.05) is 0 Å². The predicted molar refractivity (Wildman–Crippen MR) is 146 cm³/mol. The first-order valence-electron chi connectivity index (χ1n) is 11.9. The topological polar surface area (TPSA) is 80.7 Å². The number of nitrogens with two attached hydrogens (primary N) is 1. The van der Waals surface area contributed by atoms with Gasteiger partial charge in [0, 0.05) is 33.2 Å². The normalized spacial score (nSPS) is 19.7. The number of amidine groups is 1. The minimum absolute atomic E-state index is 0.00220. The fourth-order valence-corrected chi connectivity index (χ4v) is 6.28. The SMILES string of the molecule is NC(=O)Cn1cc(/C=C2/SC(=Nc3ccccc3)N(C3CCCCCC3)C2=O)c2cc(Br)ccc21. The highest BCUT2D eigenvalue weighted by molar-refractivity contribution is 9.10. The lowest BCUT2D eigenvalue weighted by Gasteiger charge is -2.26. The molecular weight excluding hydrogens is 524 g/mol. The average Bonchev–Trinajstić information content (AvgIpc) is 3.16. The van der Waals surface area contributed by atoms with Crippen LogP contribution in [0.4, 0.5) is 5.69 Å². The van der Waals surface area contributed by atoms with Crippen molar-refractivity contribution in [2.45, 2.75) is 51.1 Å². The van der Waals surface area contributed by atoms with E-state index in [-0.39, 0.29) is 18.5 Å². The van der Waals surface area contributed by atoms with Gasteiger partial charge >= 0.3 is 0 Å².